The summed E-state index contributed by atoms with van der Waals surface area (Å²) in [5.41, 5.74) is 1.02. The highest BCUT2D eigenvalue weighted by molar-refractivity contribution is 5.73. The lowest BCUT2D eigenvalue weighted by atomic mass is 10.2. The minimum atomic E-state index is -0.0919. The molecule has 1 rings (SSSR count). The molecule has 112 valence electrons. The van der Waals surface area contributed by atoms with Crippen LogP contribution in [0, 0.1) is 0 Å². The van der Waals surface area contributed by atoms with E-state index in [1.54, 1.807) is 28.3 Å². The van der Waals surface area contributed by atoms with Crippen molar-refractivity contribution in [2.75, 3.05) is 41.4 Å². The van der Waals surface area contributed by atoms with Crippen molar-refractivity contribution >= 4 is 6.03 Å². The summed E-state index contributed by atoms with van der Waals surface area (Å²) >= 11 is 0. The van der Waals surface area contributed by atoms with Gasteiger partial charge in [-0.2, -0.15) is 0 Å². The summed E-state index contributed by atoms with van der Waals surface area (Å²) in [6, 6.07) is 5.58. The molecule has 0 aliphatic heterocycles. The molecule has 2 amide bonds. The maximum absolute atomic E-state index is 11.3. The largest absolute Gasteiger partial charge is 0.497 e. The molecule has 0 atom stereocenters. The molecular formula is C14H23N3O3. The third-order valence-corrected chi connectivity index (χ3v) is 2.79. The number of hydrogen-bond donors (Lipinski definition) is 2. The van der Waals surface area contributed by atoms with E-state index >= 15 is 0 Å². The number of nitrogens with one attached hydrogen (secondary N) is 2. The van der Waals surface area contributed by atoms with Crippen LogP contribution < -0.4 is 20.1 Å². The number of benzene rings is 1. The lowest BCUT2D eigenvalue weighted by Gasteiger charge is -2.13. The van der Waals surface area contributed by atoms with Gasteiger partial charge in [0, 0.05) is 39.3 Å². The monoisotopic (exact) mass is 281 g/mol. The lowest BCUT2D eigenvalue weighted by Crippen LogP contribution is -2.38. The summed E-state index contributed by atoms with van der Waals surface area (Å²) in [4.78, 5) is 12.8. The summed E-state index contributed by atoms with van der Waals surface area (Å²) in [5.74, 6) is 1.61. The van der Waals surface area contributed by atoms with Crippen molar-refractivity contribution in [3.8, 4) is 11.5 Å². The van der Waals surface area contributed by atoms with Crippen LogP contribution in [0.5, 0.6) is 11.5 Å². The molecule has 2 N–H and O–H groups in total. The second-order valence-corrected chi connectivity index (χ2v) is 4.48. The van der Waals surface area contributed by atoms with Crippen molar-refractivity contribution in [2.45, 2.75) is 6.54 Å². The van der Waals surface area contributed by atoms with Crippen LogP contribution in [0.15, 0.2) is 18.2 Å². The molecule has 0 spiro atoms. The molecule has 0 aromatic heterocycles. The van der Waals surface area contributed by atoms with E-state index in [4.69, 9.17) is 9.47 Å². The highest BCUT2D eigenvalue weighted by Gasteiger charge is 2.05. The first-order valence-corrected chi connectivity index (χ1v) is 6.45. The zero-order valence-corrected chi connectivity index (χ0v) is 12.5. The minimum absolute atomic E-state index is 0.0919. The zero-order chi connectivity index (χ0) is 15.0. The highest BCUT2D eigenvalue weighted by atomic mass is 16.5. The van der Waals surface area contributed by atoms with E-state index in [2.05, 4.69) is 10.6 Å². The number of ether oxygens (including phenoxy) is 2. The first-order chi connectivity index (χ1) is 9.58. The summed E-state index contributed by atoms with van der Waals surface area (Å²) in [6.45, 7) is 1.90. The smallest absolute Gasteiger partial charge is 0.316 e. The van der Waals surface area contributed by atoms with Gasteiger partial charge in [-0.25, -0.2) is 4.79 Å². The predicted molar refractivity (Wildman–Crippen MR) is 78.3 cm³/mol. The normalized spacial score (nSPS) is 10.0. The Morgan fingerprint density at radius 2 is 1.95 bits per heavy atom. The summed E-state index contributed by atoms with van der Waals surface area (Å²) < 4.78 is 10.5. The van der Waals surface area contributed by atoms with E-state index < -0.39 is 0 Å². The van der Waals surface area contributed by atoms with Gasteiger partial charge in [0.25, 0.3) is 0 Å². The Morgan fingerprint density at radius 3 is 2.55 bits per heavy atom. The average Bonchev–Trinajstić information content (AvgIpc) is 2.46. The lowest BCUT2D eigenvalue weighted by molar-refractivity contribution is 0.217. The van der Waals surface area contributed by atoms with Crippen molar-refractivity contribution in [2.24, 2.45) is 0 Å². The molecule has 6 nitrogen and oxygen atoms in total. The number of carbonyl (C=O) groups excluding carboxylic acids is 1. The highest BCUT2D eigenvalue weighted by Crippen LogP contribution is 2.23. The van der Waals surface area contributed by atoms with Crippen molar-refractivity contribution < 1.29 is 14.3 Å². The van der Waals surface area contributed by atoms with E-state index in [0.717, 1.165) is 17.1 Å². The molecule has 0 saturated heterocycles. The topological polar surface area (TPSA) is 62.8 Å². The van der Waals surface area contributed by atoms with E-state index in [0.29, 0.717) is 19.6 Å². The van der Waals surface area contributed by atoms with Gasteiger partial charge in [0.2, 0.25) is 0 Å². The Labute approximate surface area is 120 Å². The number of rotatable bonds is 7. The molecule has 0 fully saturated rings. The molecule has 0 bridgehead atoms. The molecule has 1 aromatic rings. The second-order valence-electron chi connectivity index (χ2n) is 4.48. The number of methoxy groups -OCH3 is 2. The van der Waals surface area contributed by atoms with Crippen molar-refractivity contribution in [3.63, 3.8) is 0 Å². The fourth-order valence-corrected chi connectivity index (χ4v) is 1.66. The van der Waals surface area contributed by atoms with Gasteiger partial charge in [-0.05, 0) is 18.2 Å². The van der Waals surface area contributed by atoms with Crippen LogP contribution in [0.2, 0.25) is 0 Å². The van der Waals surface area contributed by atoms with Crippen LogP contribution in [0.3, 0.4) is 0 Å². The molecule has 0 aliphatic rings. The number of urea groups is 1. The van der Waals surface area contributed by atoms with Crippen LogP contribution in [-0.4, -0.2) is 52.3 Å². The van der Waals surface area contributed by atoms with Crippen molar-refractivity contribution in [1.82, 2.24) is 15.5 Å². The molecular weight excluding hydrogens is 258 g/mol. The van der Waals surface area contributed by atoms with E-state index in [1.807, 2.05) is 18.2 Å². The Morgan fingerprint density at radius 1 is 1.20 bits per heavy atom. The summed E-state index contributed by atoms with van der Waals surface area (Å²) in [5, 5.41) is 6.04. The number of carbonyl (C=O) groups is 1. The average molecular weight is 281 g/mol. The Balaban J connectivity index is 2.39. The van der Waals surface area contributed by atoms with Crippen molar-refractivity contribution in [1.29, 1.82) is 0 Å². The van der Waals surface area contributed by atoms with E-state index in [-0.39, 0.29) is 6.03 Å². The fraction of sp³-hybridized carbons (Fsp3) is 0.500. The van der Waals surface area contributed by atoms with Gasteiger partial charge in [-0.1, -0.05) is 0 Å². The number of amides is 2. The quantitative estimate of drug-likeness (QED) is 0.734. The Kier molecular flexibility index (Phi) is 6.66. The number of nitrogens with zero attached hydrogens (tertiary/aromatic N) is 1. The summed E-state index contributed by atoms with van der Waals surface area (Å²) in [6.07, 6.45) is 0. The zero-order valence-electron chi connectivity index (χ0n) is 12.5. The van der Waals surface area contributed by atoms with Gasteiger partial charge in [0.15, 0.2) is 0 Å². The number of hydrogen-bond acceptors (Lipinski definition) is 4. The molecule has 20 heavy (non-hydrogen) atoms. The van der Waals surface area contributed by atoms with Crippen molar-refractivity contribution in [3.05, 3.63) is 23.8 Å². The first-order valence-electron chi connectivity index (χ1n) is 6.45. The molecule has 0 radical (unpaired) electrons. The first kappa shape index (κ1) is 16.1. The SMILES string of the molecule is COc1ccc(OC)c(CNCCNC(=O)N(C)C)c1. The van der Waals surface area contributed by atoms with Gasteiger partial charge >= 0.3 is 6.03 Å². The molecule has 0 heterocycles. The second kappa shape index (κ2) is 8.27. The van der Waals surface area contributed by atoms with Crippen LogP contribution in [0.25, 0.3) is 0 Å². The standard InChI is InChI=1S/C14H23N3O3/c1-17(2)14(18)16-8-7-15-10-11-9-12(19-3)5-6-13(11)20-4/h5-6,9,15H,7-8,10H2,1-4H3,(H,16,18). The summed E-state index contributed by atoms with van der Waals surface area (Å²) in [7, 11) is 6.70. The third-order valence-electron chi connectivity index (χ3n) is 2.79. The van der Waals surface area contributed by atoms with E-state index in [9.17, 15) is 4.79 Å². The Hall–Kier alpha value is -1.95. The molecule has 1 aromatic carbocycles. The molecule has 0 aliphatic carbocycles. The molecule has 6 heteroatoms. The van der Waals surface area contributed by atoms with Gasteiger partial charge < -0.3 is 25.0 Å². The van der Waals surface area contributed by atoms with Gasteiger partial charge in [-0.3, -0.25) is 0 Å². The maximum atomic E-state index is 11.3. The fourth-order valence-electron chi connectivity index (χ4n) is 1.66. The Bertz CT molecular complexity index is 436. The van der Waals surface area contributed by atoms with Crippen LogP contribution in [0.1, 0.15) is 5.56 Å². The maximum Gasteiger partial charge on any atom is 0.316 e. The van der Waals surface area contributed by atoms with Gasteiger partial charge in [0.1, 0.15) is 11.5 Å². The van der Waals surface area contributed by atoms with Crippen LogP contribution in [0.4, 0.5) is 4.79 Å². The predicted octanol–water partition coefficient (Wildman–Crippen LogP) is 1.06. The van der Waals surface area contributed by atoms with Crippen LogP contribution in [-0.2, 0) is 6.54 Å². The van der Waals surface area contributed by atoms with E-state index in [1.165, 1.54) is 4.90 Å². The minimum Gasteiger partial charge on any atom is -0.497 e. The molecule has 0 unspecified atom stereocenters. The van der Waals surface area contributed by atoms with Crippen LogP contribution >= 0.6 is 0 Å². The third kappa shape index (κ3) is 4.97. The molecule has 0 saturated carbocycles. The van der Waals surface area contributed by atoms with Gasteiger partial charge in [0.05, 0.1) is 14.2 Å². The van der Waals surface area contributed by atoms with Gasteiger partial charge in [-0.15, -0.1) is 0 Å².